The second-order valence-electron chi connectivity index (χ2n) is 4.77. The van der Waals surface area contributed by atoms with Crippen LogP contribution in [0.4, 0.5) is 0 Å². The SMILES string of the molecule is c1cc2c(c(OCC3CCCS3)c1)CCNC2. The molecule has 2 aliphatic heterocycles. The van der Waals surface area contributed by atoms with Crippen LogP contribution in [0.5, 0.6) is 5.75 Å². The van der Waals surface area contributed by atoms with E-state index in [-0.39, 0.29) is 0 Å². The molecule has 3 heteroatoms. The first-order valence-electron chi connectivity index (χ1n) is 6.49. The van der Waals surface area contributed by atoms with E-state index in [0.717, 1.165) is 31.9 Å². The van der Waals surface area contributed by atoms with Gasteiger partial charge in [0.15, 0.2) is 0 Å². The third-order valence-corrected chi connectivity index (χ3v) is 4.91. The normalized spacial score (nSPS) is 23.4. The van der Waals surface area contributed by atoms with Gasteiger partial charge in [0, 0.05) is 11.8 Å². The largest absolute Gasteiger partial charge is 0.492 e. The zero-order valence-electron chi connectivity index (χ0n) is 10.1. The lowest BCUT2D eigenvalue weighted by Gasteiger charge is -2.21. The maximum Gasteiger partial charge on any atom is 0.122 e. The Bertz CT molecular complexity index is 388. The molecular formula is C14H19NOS. The molecule has 1 saturated heterocycles. The second-order valence-corrected chi connectivity index (χ2v) is 6.17. The van der Waals surface area contributed by atoms with E-state index in [4.69, 9.17) is 4.74 Å². The van der Waals surface area contributed by atoms with E-state index in [1.807, 2.05) is 0 Å². The van der Waals surface area contributed by atoms with E-state index in [2.05, 4.69) is 35.3 Å². The van der Waals surface area contributed by atoms with Crippen LogP contribution in [0.15, 0.2) is 18.2 Å². The van der Waals surface area contributed by atoms with Crippen molar-refractivity contribution in [2.75, 3.05) is 18.9 Å². The average molecular weight is 249 g/mol. The van der Waals surface area contributed by atoms with E-state index < -0.39 is 0 Å². The predicted octanol–water partition coefficient (Wildman–Crippen LogP) is 2.61. The van der Waals surface area contributed by atoms with Gasteiger partial charge in [0.2, 0.25) is 0 Å². The first kappa shape index (κ1) is 11.4. The van der Waals surface area contributed by atoms with Gasteiger partial charge < -0.3 is 10.1 Å². The van der Waals surface area contributed by atoms with Crippen molar-refractivity contribution in [3.8, 4) is 5.75 Å². The van der Waals surface area contributed by atoms with Crippen molar-refractivity contribution in [1.82, 2.24) is 5.32 Å². The van der Waals surface area contributed by atoms with Gasteiger partial charge in [0.05, 0.1) is 0 Å². The first-order chi connectivity index (χ1) is 8.43. The van der Waals surface area contributed by atoms with Crippen molar-refractivity contribution in [2.24, 2.45) is 0 Å². The minimum Gasteiger partial charge on any atom is -0.492 e. The Balaban J connectivity index is 1.69. The molecule has 0 bridgehead atoms. The van der Waals surface area contributed by atoms with Gasteiger partial charge in [-0.3, -0.25) is 0 Å². The highest BCUT2D eigenvalue weighted by atomic mass is 32.2. The molecule has 0 radical (unpaired) electrons. The molecule has 1 unspecified atom stereocenters. The Kier molecular flexibility index (Phi) is 3.57. The molecule has 0 spiro atoms. The summed E-state index contributed by atoms with van der Waals surface area (Å²) in [6.07, 6.45) is 3.78. The fourth-order valence-electron chi connectivity index (χ4n) is 2.59. The first-order valence-corrected chi connectivity index (χ1v) is 7.54. The molecule has 2 aliphatic rings. The molecule has 3 rings (SSSR count). The molecule has 92 valence electrons. The standard InChI is InChI=1S/C14H19NOS/c1-3-11-9-15-7-6-13(11)14(5-1)16-10-12-4-2-8-17-12/h1,3,5,12,15H,2,4,6-10H2. The molecular weight excluding hydrogens is 230 g/mol. The van der Waals surface area contributed by atoms with Gasteiger partial charge >= 0.3 is 0 Å². The van der Waals surface area contributed by atoms with Crippen molar-refractivity contribution in [2.45, 2.75) is 31.1 Å². The summed E-state index contributed by atoms with van der Waals surface area (Å²) in [5, 5.41) is 4.12. The highest BCUT2D eigenvalue weighted by molar-refractivity contribution is 8.00. The molecule has 17 heavy (non-hydrogen) atoms. The van der Waals surface area contributed by atoms with Crippen LogP contribution in [-0.2, 0) is 13.0 Å². The molecule has 0 aromatic heterocycles. The van der Waals surface area contributed by atoms with Gasteiger partial charge in [0.1, 0.15) is 12.4 Å². The molecule has 1 aromatic carbocycles. The van der Waals surface area contributed by atoms with Crippen LogP contribution in [0, 0.1) is 0 Å². The minimum atomic E-state index is 0.715. The topological polar surface area (TPSA) is 21.3 Å². The quantitative estimate of drug-likeness (QED) is 0.889. The summed E-state index contributed by atoms with van der Waals surface area (Å²) in [5.41, 5.74) is 2.84. The van der Waals surface area contributed by atoms with Gasteiger partial charge in [-0.2, -0.15) is 11.8 Å². The van der Waals surface area contributed by atoms with Gasteiger partial charge in [-0.05, 0) is 48.8 Å². The number of hydrogen-bond acceptors (Lipinski definition) is 3. The Labute approximate surface area is 107 Å². The number of ether oxygens (including phenoxy) is 1. The Morgan fingerprint density at radius 1 is 1.41 bits per heavy atom. The lowest BCUT2D eigenvalue weighted by Crippen LogP contribution is -2.24. The van der Waals surface area contributed by atoms with Crippen molar-refractivity contribution < 1.29 is 4.74 Å². The van der Waals surface area contributed by atoms with E-state index in [9.17, 15) is 0 Å². The van der Waals surface area contributed by atoms with Gasteiger partial charge in [-0.1, -0.05) is 12.1 Å². The van der Waals surface area contributed by atoms with Crippen molar-refractivity contribution in [3.63, 3.8) is 0 Å². The van der Waals surface area contributed by atoms with Crippen LogP contribution < -0.4 is 10.1 Å². The van der Waals surface area contributed by atoms with Crippen LogP contribution in [0.2, 0.25) is 0 Å². The number of fused-ring (bicyclic) bond motifs is 1. The number of rotatable bonds is 3. The Hall–Kier alpha value is -0.670. The highest BCUT2D eigenvalue weighted by Crippen LogP contribution is 2.29. The van der Waals surface area contributed by atoms with Crippen LogP contribution in [0.1, 0.15) is 24.0 Å². The lowest BCUT2D eigenvalue weighted by atomic mass is 10.0. The van der Waals surface area contributed by atoms with Gasteiger partial charge in [-0.25, -0.2) is 0 Å². The van der Waals surface area contributed by atoms with Crippen LogP contribution in [0.25, 0.3) is 0 Å². The zero-order valence-corrected chi connectivity index (χ0v) is 10.9. The summed E-state index contributed by atoms with van der Waals surface area (Å²) in [6, 6.07) is 6.45. The monoisotopic (exact) mass is 249 g/mol. The predicted molar refractivity (Wildman–Crippen MR) is 72.8 cm³/mol. The fourth-order valence-corrected chi connectivity index (χ4v) is 3.75. The molecule has 2 nitrogen and oxygen atoms in total. The molecule has 0 saturated carbocycles. The number of hydrogen-bond donors (Lipinski definition) is 1. The minimum absolute atomic E-state index is 0.715. The van der Waals surface area contributed by atoms with Gasteiger partial charge in [-0.15, -0.1) is 0 Å². The maximum absolute atomic E-state index is 6.04. The van der Waals surface area contributed by atoms with Crippen molar-refractivity contribution in [1.29, 1.82) is 0 Å². The summed E-state index contributed by atoms with van der Waals surface area (Å²) in [4.78, 5) is 0. The second kappa shape index (κ2) is 5.32. The van der Waals surface area contributed by atoms with Crippen molar-refractivity contribution in [3.05, 3.63) is 29.3 Å². The molecule has 1 N–H and O–H groups in total. The van der Waals surface area contributed by atoms with Crippen LogP contribution in [-0.4, -0.2) is 24.2 Å². The molecule has 1 aromatic rings. The maximum atomic E-state index is 6.04. The third kappa shape index (κ3) is 2.61. The summed E-state index contributed by atoms with van der Waals surface area (Å²) in [6.45, 7) is 2.95. The summed E-state index contributed by atoms with van der Waals surface area (Å²) in [5.74, 6) is 2.43. The number of thioether (sulfide) groups is 1. The van der Waals surface area contributed by atoms with E-state index in [1.54, 1.807) is 0 Å². The number of nitrogens with one attached hydrogen (secondary N) is 1. The summed E-state index contributed by atoms with van der Waals surface area (Å²) < 4.78 is 6.04. The zero-order chi connectivity index (χ0) is 11.5. The van der Waals surface area contributed by atoms with Crippen LogP contribution in [0.3, 0.4) is 0 Å². The van der Waals surface area contributed by atoms with E-state index in [0.29, 0.717) is 5.25 Å². The van der Waals surface area contributed by atoms with Crippen LogP contribution >= 0.6 is 11.8 Å². The van der Waals surface area contributed by atoms with E-state index in [1.165, 1.54) is 29.7 Å². The van der Waals surface area contributed by atoms with E-state index >= 15 is 0 Å². The summed E-state index contributed by atoms with van der Waals surface area (Å²) >= 11 is 2.06. The fraction of sp³-hybridized carbons (Fsp3) is 0.571. The Morgan fingerprint density at radius 2 is 2.41 bits per heavy atom. The number of benzene rings is 1. The lowest BCUT2D eigenvalue weighted by molar-refractivity contribution is 0.310. The van der Waals surface area contributed by atoms with Gasteiger partial charge in [0.25, 0.3) is 0 Å². The molecule has 1 fully saturated rings. The molecule has 0 amide bonds. The molecule has 2 heterocycles. The smallest absolute Gasteiger partial charge is 0.122 e. The summed E-state index contributed by atoms with van der Waals surface area (Å²) in [7, 11) is 0. The highest BCUT2D eigenvalue weighted by Gasteiger charge is 2.18. The van der Waals surface area contributed by atoms with Crippen molar-refractivity contribution >= 4 is 11.8 Å². The Morgan fingerprint density at radius 3 is 3.29 bits per heavy atom. The molecule has 1 atom stereocenters. The third-order valence-electron chi connectivity index (χ3n) is 3.55. The average Bonchev–Trinajstić information content (AvgIpc) is 2.89. The molecule has 0 aliphatic carbocycles.